The summed E-state index contributed by atoms with van der Waals surface area (Å²) < 4.78 is 10.6. The Morgan fingerprint density at radius 2 is 1.65 bits per heavy atom. The Morgan fingerprint density at radius 1 is 0.913 bits per heavy atom. The number of fused-ring (bicyclic) bond motifs is 2. The van der Waals surface area contributed by atoms with Crippen molar-refractivity contribution in [3.05, 3.63) is 54.6 Å². The topological polar surface area (TPSA) is 35.5 Å². The number of carbonyl (C=O) groups is 1. The molecule has 0 atom stereocenters. The predicted octanol–water partition coefficient (Wildman–Crippen LogP) is 4.72. The van der Waals surface area contributed by atoms with Crippen LogP contribution in [0.4, 0.5) is 0 Å². The molecule has 3 aromatic rings. The van der Waals surface area contributed by atoms with Gasteiger partial charge in [-0.2, -0.15) is 0 Å². The van der Waals surface area contributed by atoms with Crippen molar-refractivity contribution in [1.82, 2.24) is 0 Å². The Morgan fingerprint density at radius 3 is 2.43 bits per heavy atom. The number of methoxy groups -OCH3 is 1. The van der Waals surface area contributed by atoms with Crippen molar-refractivity contribution in [1.29, 1.82) is 0 Å². The third-order valence-corrected chi connectivity index (χ3v) is 3.97. The van der Waals surface area contributed by atoms with Gasteiger partial charge in [0.2, 0.25) is 0 Å². The maximum absolute atomic E-state index is 11.1. The van der Waals surface area contributed by atoms with Crippen LogP contribution in [0.2, 0.25) is 0 Å². The molecule has 0 saturated carbocycles. The van der Waals surface area contributed by atoms with Gasteiger partial charge in [-0.05, 0) is 47.2 Å². The average molecular weight is 308 g/mol. The molecule has 0 aromatic heterocycles. The van der Waals surface area contributed by atoms with Gasteiger partial charge in [0.1, 0.15) is 5.75 Å². The van der Waals surface area contributed by atoms with Gasteiger partial charge in [-0.25, -0.2) is 0 Å². The van der Waals surface area contributed by atoms with Gasteiger partial charge in [0.25, 0.3) is 0 Å². The monoisotopic (exact) mass is 308 g/mol. The van der Waals surface area contributed by atoms with Crippen molar-refractivity contribution in [3.63, 3.8) is 0 Å². The summed E-state index contributed by atoms with van der Waals surface area (Å²) in [6.07, 6.45) is 2.06. The molecule has 0 aliphatic carbocycles. The van der Waals surface area contributed by atoms with Gasteiger partial charge in [0.15, 0.2) is 0 Å². The summed E-state index contributed by atoms with van der Waals surface area (Å²) in [4.78, 5) is 11.1. The molecule has 0 heterocycles. The summed E-state index contributed by atoms with van der Waals surface area (Å²) in [6.45, 7) is 0.600. The van der Waals surface area contributed by atoms with Crippen LogP contribution >= 0.6 is 0 Å². The molecule has 0 saturated heterocycles. The minimum Gasteiger partial charge on any atom is -0.493 e. The molecule has 0 fully saturated rings. The molecule has 0 unspecified atom stereocenters. The number of hydrogen-bond donors (Lipinski definition) is 0. The highest BCUT2D eigenvalue weighted by Gasteiger charge is 2.05. The van der Waals surface area contributed by atoms with E-state index in [1.165, 1.54) is 23.3 Å². The van der Waals surface area contributed by atoms with Gasteiger partial charge in [-0.3, -0.25) is 4.79 Å². The van der Waals surface area contributed by atoms with Crippen molar-refractivity contribution >= 4 is 27.5 Å². The zero-order valence-corrected chi connectivity index (χ0v) is 13.2. The Hall–Kier alpha value is -2.55. The lowest BCUT2D eigenvalue weighted by molar-refractivity contribution is -0.140. The Labute approximate surface area is 135 Å². The van der Waals surface area contributed by atoms with Gasteiger partial charge < -0.3 is 9.47 Å². The van der Waals surface area contributed by atoms with E-state index < -0.39 is 0 Å². The quantitative estimate of drug-likeness (QED) is 0.376. The van der Waals surface area contributed by atoms with Crippen LogP contribution in [0, 0.1) is 0 Å². The van der Waals surface area contributed by atoms with Crippen LogP contribution < -0.4 is 4.74 Å². The fourth-order valence-electron chi connectivity index (χ4n) is 2.72. The number of esters is 1. The molecule has 0 N–H and O–H groups in total. The molecule has 3 rings (SSSR count). The van der Waals surface area contributed by atoms with Crippen molar-refractivity contribution in [2.75, 3.05) is 13.7 Å². The van der Waals surface area contributed by atoms with E-state index in [1.807, 2.05) is 18.2 Å². The molecule has 3 nitrogen and oxygen atoms in total. The van der Waals surface area contributed by atoms with E-state index in [0.29, 0.717) is 13.0 Å². The molecule has 118 valence electrons. The second kappa shape index (κ2) is 7.14. The highest BCUT2D eigenvalue weighted by Crippen LogP contribution is 2.30. The molecule has 0 aliphatic rings. The summed E-state index contributed by atoms with van der Waals surface area (Å²) >= 11 is 0. The summed E-state index contributed by atoms with van der Waals surface area (Å²) in [6, 6.07) is 18.8. The van der Waals surface area contributed by atoms with Crippen LogP contribution in [-0.4, -0.2) is 19.7 Å². The maximum Gasteiger partial charge on any atom is 0.305 e. The first-order chi connectivity index (χ1) is 11.3. The van der Waals surface area contributed by atoms with E-state index in [0.717, 1.165) is 24.0 Å². The molecule has 0 aliphatic heterocycles. The van der Waals surface area contributed by atoms with Crippen molar-refractivity contribution in [2.24, 2.45) is 0 Å². The summed E-state index contributed by atoms with van der Waals surface area (Å²) in [5, 5.41) is 4.74. The number of rotatable bonds is 6. The largest absolute Gasteiger partial charge is 0.493 e. The van der Waals surface area contributed by atoms with Crippen LogP contribution in [0.5, 0.6) is 5.75 Å². The van der Waals surface area contributed by atoms with E-state index in [2.05, 4.69) is 41.1 Å². The van der Waals surface area contributed by atoms with Crippen LogP contribution in [0.3, 0.4) is 0 Å². The first kappa shape index (κ1) is 15.3. The fraction of sp³-hybridized carbons (Fsp3) is 0.250. The summed E-state index contributed by atoms with van der Waals surface area (Å²) in [5.74, 6) is 0.730. The van der Waals surface area contributed by atoms with Gasteiger partial charge in [0, 0.05) is 11.8 Å². The molecule has 0 amide bonds. The number of carbonyl (C=O) groups excluding carboxylic acids is 1. The molecule has 0 spiro atoms. The van der Waals surface area contributed by atoms with E-state index in [4.69, 9.17) is 4.74 Å². The number of hydrogen-bond acceptors (Lipinski definition) is 3. The van der Waals surface area contributed by atoms with Gasteiger partial charge in [-0.1, -0.05) is 36.4 Å². The maximum atomic E-state index is 11.1. The molecular weight excluding hydrogens is 288 g/mol. The molecular formula is C20H20O3. The highest BCUT2D eigenvalue weighted by molar-refractivity contribution is 6.00. The lowest BCUT2D eigenvalue weighted by Crippen LogP contribution is -2.02. The number of unbranched alkanes of at least 4 members (excludes halogenated alkanes) is 1. The summed E-state index contributed by atoms with van der Waals surface area (Å²) in [7, 11) is 1.42. The van der Waals surface area contributed by atoms with Crippen molar-refractivity contribution < 1.29 is 14.3 Å². The molecule has 3 heteroatoms. The van der Waals surface area contributed by atoms with Crippen LogP contribution in [0.25, 0.3) is 21.5 Å². The van der Waals surface area contributed by atoms with Gasteiger partial charge in [0.05, 0.1) is 13.7 Å². The smallest absolute Gasteiger partial charge is 0.305 e. The van der Waals surface area contributed by atoms with Gasteiger partial charge >= 0.3 is 5.97 Å². The molecule has 0 bridgehead atoms. The third-order valence-electron chi connectivity index (χ3n) is 3.97. The van der Waals surface area contributed by atoms with E-state index >= 15 is 0 Å². The predicted molar refractivity (Wildman–Crippen MR) is 92.8 cm³/mol. The van der Waals surface area contributed by atoms with Crippen molar-refractivity contribution in [3.8, 4) is 5.75 Å². The van der Waals surface area contributed by atoms with Crippen LogP contribution in [0.1, 0.15) is 19.3 Å². The molecule has 0 radical (unpaired) electrons. The van der Waals surface area contributed by atoms with E-state index in [-0.39, 0.29) is 5.97 Å². The molecule has 23 heavy (non-hydrogen) atoms. The minimum atomic E-state index is -0.165. The van der Waals surface area contributed by atoms with Crippen molar-refractivity contribution in [2.45, 2.75) is 19.3 Å². The van der Waals surface area contributed by atoms with Crippen LogP contribution in [-0.2, 0) is 9.53 Å². The SMILES string of the molecule is COC(=O)CCCCOc1cccc2cc3ccccc3cc12. The van der Waals surface area contributed by atoms with Gasteiger partial charge in [-0.15, -0.1) is 0 Å². The van der Waals surface area contributed by atoms with E-state index in [1.54, 1.807) is 0 Å². The zero-order valence-electron chi connectivity index (χ0n) is 13.2. The second-order valence-corrected chi connectivity index (χ2v) is 5.56. The Kier molecular flexibility index (Phi) is 4.77. The minimum absolute atomic E-state index is 0.165. The fourth-order valence-corrected chi connectivity index (χ4v) is 2.72. The summed E-state index contributed by atoms with van der Waals surface area (Å²) in [5.41, 5.74) is 0. The number of ether oxygens (including phenoxy) is 2. The zero-order chi connectivity index (χ0) is 16.1. The molecule has 3 aromatic carbocycles. The first-order valence-electron chi connectivity index (χ1n) is 7.89. The first-order valence-corrected chi connectivity index (χ1v) is 7.89. The lowest BCUT2D eigenvalue weighted by Gasteiger charge is -2.10. The third kappa shape index (κ3) is 3.62. The normalized spacial score (nSPS) is 10.8. The van der Waals surface area contributed by atoms with Crippen LogP contribution in [0.15, 0.2) is 54.6 Å². The lowest BCUT2D eigenvalue weighted by atomic mass is 10.0. The standard InChI is InChI=1S/C20H20O3/c1-22-20(21)11-4-5-12-23-19-10-6-9-17-13-15-7-2-3-8-16(15)14-18(17)19/h2-3,6-10,13-14H,4-5,11-12H2,1H3. The highest BCUT2D eigenvalue weighted by atomic mass is 16.5. The Bertz CT molecular complexity index is 823. The second-order valence-electron chi connectivity index (χ2n) is 5.56. The Balaban J connectivity index is 1.73. The number of benzene rings is 3. The van der Waals surface area contributed by atoms with E-state index in [9.17, 15) is 4.79 Å². The average Bonchev–Trinajstić information content (AvgIpc) is 2.59.